The van der Waals surface area contributed by atoms with E-state index in [9.17, 15) is 0 Å². The van der Waals surface area contributed by atoms with Gasteiger partial charge < -0.3 is 20.7 Å². The molecule has 0 radical (unpaired) electrons. The van der Waals surface area contributed by atoms with Gasteiger partial charge in [-0.15, -0.1) is 0 Å². The van der Waals surface area contributed by atoms with Crippen LogP contribution in [0, 0.1) is 0 Å². The van der Waals surface area contributed by atoms with Crippen LogP contribution in [0.25, 0.3) is 0 Å². The zero-order chi connectivity index (χ0) is 13.7. The van der Waals surface area contributed by atoms with Crippen molar-refractivity contribution in [1.29, 1.82) is 0 Å². The van der Waals surface area contributed by atoms with Crippen LogP contribution >= 0.6 is 0 Å². The SMILES string of the molecule is CCCOc1cccc(NC2CCN(C)CC2)c1N. The zero-order valence-electron chi connectivity index (χ0n) is 12.0. The Labute approximate surface area is 115 Å². The number of rotatable bonds is 5. The molecule has 19 heavy (non-hydrogen) atoms. The van der Waals surface area contributed by atoms with E-state index >= 15 is 0 Å². The molecule has 0 atom stereocenters. The number of piperidine rings is 1. The highest BCUT2D eigenvalue weighted by Gasteiger charge is 2.17. The van der Waals surface area contributed by atoms with Crippen LogP contribution in [0.2, 0.25) is 0 Å². The summed E-state index contributed by atoms with van der Waals surface area (Å²) in [7, 11) is 2.17. The third kappa shape index (κ3) is 3.77. The van der Waals surface area contributed by atoms with E-state index in [4.69, 9.17) is 10.5 Å². The number of nitrogens with two attached hydrogens (primary N) is 1. The molecule has 0 unspecified atom stereocenters. The number of para-hydroxylation sites is 1. The van der Waals surface area contributed by atoms with E-state index in [0.29, 0.717) is 12.6 Å². The molecule has 1 aromatic rings. The first-order valence-corrected chi connectivity index (χ1v) is 7.17. The van der Waals surface area contributed by atoms with Crippen LogP contribution in [0.1, 0.15) is 26.2 Å². The van der Waals surface area contributed by atoms with Crippen molar-refractivity contribution in [3.63, 3.8) is 0 Å². The van der Waals surface area contributed by atoms with Crippen LogP contribution in [0.5, 0.6) is 5.75 Å². The van der Waals surface area contributed by atoms with Crippen LogP contribution in [0.15, 0.2) is 18.2 Å². The normalized spacial score (nSPS) is 17.4. The minimum absolute atomic E-state index is 0.514. The molecule has 2 rings (SSSR count). The van der Waals surface area contributed by atoms with Crippen molar-refractivity contribution in [2.24, 2.45) is 0 Å². The summed E-state index contributed by atoms with van der Waals surface area (Å²) in [4.78, 5) is 2.36. The van der Waals surface area contributed by atoms with Crippen molar-refractivity contribution in [1.82, 2.24) is 4.90 Å². The lowest BCUT2D eigenvalue weighted by Gasteiger charge is -2.30. The van der Waals surface area contributed by atoms with E-state index in [1.54, 1.807) is 0 Å². The highest BCUT2D eigenvalue weighted by Crippen LogP contribution is 2.30. The Morgan fingerprint density at radius 1 is 1.37 bits per heavy atom. The van der Waals surface area contributed by atoms with Crippen LogP contribution in [-0.4, -0.2) is 37.7 Å². The Balaban J connectivity index is 1.99. The molecule has 0 aromatic heterocycles. The molecule has 1 heterocycles. The minimum atomic E-state index is 0.514. The van der Waals surface area contributed by atoms with Gasteiger partial charge in [-0.05, 0) is 51.5 Å². The summed E-state index contributed by atoms with van der Waals surface area (Å²) in [6, 6.07) is 6.48. The largest absolute Gasteiger partial charge is 0.491 e. The average Bonchev–Trinajstić information content (AvgIpc) is 2.42. The maximum Gasteiger partial charge on any atom is 0.144 e. The number of nitrogens with one attached hydrogen (secondary N) is 1. The van der Waals surface area contributed by atoms with Crippen molar-refractivity contribution in [2.45, 2.75) is 32.2 Å². The van der Waals surface area contributed by atoms with Crippen molar-refractivity contribution in [2.75, 3.05) is 37.8 Å². The number of ether oxygens (including phenoxy) is 1. The number of anilines is 2. The smallest absolute Gasteiger partial charge is 0.144 e. The summed E-state index contributed by atoms with van der Waals surface area (Å²) in [5, 5.41) is 3.55. The second-order valence-electron chi connectivity index (χ2n) is 5.29. The Kier molecular flexibility index (Phi) is 4.91. The van der Waals surface area contributed by atoms with E-state index in [1.165, 1.54) is 0 Å². The zero-order valence-corrected chi connectivity index (χ0v) is 12.0. The van der Waals surface area contributed by atoms with Crippen molar-refractivity contribution >= 4 is 11.4 Å². The molecule has 1 aliphatic heterocycles. The molecule has 0 saturated carbocycles. The topological polar surface area (TPSA) is 50.5 Å². The van der Waals surface area contributed by atoms with Crippen LogP contribution in [0.4, 0.5) is 11.4 Å². The highest BCUT2D eigenvalue weighted by molar-refractivity contribution is 5.73. The predicted octanol–water partition coefficient (Wildman–Crippen LogP) is 2.56. The first-order valence-electron chi connectivity index (χ1n) is 7.17. The highest BCUT2D eigenvalue weighted by atomic mass is 16.5. The average molecular weight is 263 g/mol. The summed E-state index contributed by atoms with van der Waals surface area (Å²) in [5.74, 6) is 0.791. The van der Waals surface area contributed by atoms with Crippen molar-refractivity contribution in [3.8, 4) is 5.75 Å². The summed E-state index contributed by atoms with van der Waals surface area (Å²) < 4.78 is 5.66. The van der Waals surface area contributed by atoms with E-state index in [2.05, 4.69) is 24.2 Å². The standard InChI is InChI=1S/C15H25N3O/c1-3-11-19-14-6-4-5-13(15(14)16)17-12-7-9-18(2)10-8-12/h4-6,12,17H,3,7-11,16H2,1-2H3. The predicted molar refractivity (Wildman–Crippen MR) is 80.8 cm³/mol. The van der Waals surface area contributed by atoms with E-state index in [1.807, 2.05) is 18.2 Å². The molecule has 0 aliphatic carbocycles. The summed E-state index contributed by atoms with van der Waals surface area (Å²) in [6.07, 6.45) is 3.32. The van der Waals surface area contributed by atoms with Gasteiger partial charge in [-0.1, -0.05) is 13.0 Å². The molecule has 0 amide bonds. The second kappa shape index (κ2) is 6.66. The fourth-order valence-corrected chi connectivity index (χ4v) is 2.38. The van der Waals surface area contributed by atoms with Gasteiger partial charge in [0.05, 0.1) is 18.0 Å². The Bertz CT molecular complexity index is 400. The molecule has 3 N–H and O–H groups in total. The van der Waals surface area contributed by atoms with Gasteiger partial charge in [0.1, 0.15) is 5.75 Å². The van der Waals surface area contributed by atoms with E-state index in [-0.39, 0.29) is 0 Å². The monoisotopic (exact) mass is 263 g/mol. The fourth-order valence-electron chi connectivity index (χ4n) is 2.38. The summed E-state index contributed by atoms with van der Waals surface area (Å²) in [5.41, 5.74) is 7.90. The van der Waals surface area contributed by atoms with Gasteiger partial charge in [-0.3, -0.25) is 0 Å². The van der Waals surface area contributed by atoms with Crippen molar-refractivity contribution < 1.29 is 4.74 Å². The molecule has 1 saturated heterocycles. The van der Waals surface area contributed by atoms with Gasteiger partial charge in [-0.25, -0.2) is 0 Å². The van der Waals surface area contributed by atoms with Gasteiger partial charge in [0.25, 0.3) is 0 Å². The van der Waals surface area contributed by atoms with Gasteiger partial charge in [0.15, 0.2) is 0 Å². The maximum absolute atomic E-state index is 6.17. The molecule has 106 valence electrons. The lowest BCUT2D eigenvalue weighted by atomic mass is 10.0. The Morgan fingerprint density at radius 2 is 2.11 bits per heavy atom. The minimum Gasteiger partial charge on any atom is -0.491 e. The number of benzene rings is 1. The van der Waals surface area contributed by atoms with Crippen LogP contribution in [-0.2, 0) is 0 Å². The molecule has 4 nitrogen and oxygen atoms in total. The van der Waals surface area contributed by atoms with Gasteiger partial charge in [-0.2, -0.15) is 0 Å². The number of nitrogen functional groups attached to an aromatic ring is 1. The van der Waals surface area contributed by atoms with E-state index < -0.39 is 0 Å². The Hall–Kier alpha value is -1.42. The lowest BCUT2D eigenvalue weighted by molar-refractivity contribution is 0.264. The lowest BCUT2D eigenvalue weighted by Crippen LogP contribution is -2.36. The van der Waals surface area contributed by atoms with Gasteiger partial charge in [0.2, 0.25) is 0 Å². The molecule has 0 bridgehead atoms. The molecule has 0 spiro atoms. The van der Waals surface area contributed by atoms with Gasteiger partial charge >= 0.3 is 0 Å². The molecular weight excluding hydrogens is 238 g/mol. The first kappa shape index (κ1) is 14.0. The van der Waals surface area contributed by atoms with Crippen molar-refractivity contribution in [3.05, 3.63) is 18.2 Å². The van der Waals surface area contributed by atoms with E-state index in [0.717, 1.165) is 49.5 Å². The molecular formula is C15H25N3O. The number of likely N-dealkylation sites (tertiary alicyclic amines) is 1. The first-order chi connectivity index (χ1) is 9.20. The third-order valence-electron chi connectivity index (χ3n) is 3.61. The quantitative estimate of drug-likeness (QED) is 0.802. The molecule has 1 aliphatic rings. The van der Waals surface area contributed by atoms with Gasteiger partial charge in [0, 0.05) is 6.04 Å². The molecule has 4 heteroatoms. The molecule has 1 aromatic carbocycles. The summed E-state index contributed by atoms with van der Waals surface area (Å²) in [6.45, 7) is 5.09. The number of hydrogen-bond donors (Lipinski definition) is 2. The Morgan fingerprint density at radius 3 is 2.79 bits per heavy atom. The fraction of sp³-hybridized carbons (Fsp3) is 0.600. The second-order valence-corrected chi connectivity index (χ2v) is 5.29. The number of nitrogens with zero attached hydrogens (tertiary/aromatic N) is 1. The number of hydrogen-bond acceptors (Lipinski definition) is 4. The van der Waals surface area contributed by atoms with Crippen LogP contribution in [0.3, 0.4) is 0 Å². The third-order valence-corrected chi connectivity index (χ3v) is 3.61. The molecule has 1 fully saturated rings. The maximum atomic E-state index is 6.17. The summed E-state index contributed by atoms with van der Waals surface area (Å²) >= 11 is 0. The van der Waals surface area contributed by atoms with Crippen LogP contribution < -0.4 is 15.8 Å².